The molecule has 7 nitrogen and oxygen atoms in total. The number of anilines is 1. The van der Waals surface area contributed by atoms with Crippen molar-refractivity contribution >= 4 is 27.5 Å². The Morgan fingerprint density at radius 2 is 1.88 bits per heavy atom. The first kappa shape index (κ1) is 22.5. The lowest BCUT2D eigenvalue weighted by Gasteiger charge is -2.25. The van der Waals surface area contributed by atoms with E-state index in [1.165, 1.54) is 12.1 Å². The maximum atomic E-state index is 13.1. The molecule has 1 spiro atoms. The standard InChI is InChI=1S/C25H21BrFN3O4/c1-14-22(16-8-11-21(19(26)12-16)34-13-15-6-9-17(27)10-7-15)23(30(32)33)25(29-14)18-4-2-3-5-20(18)28-24(25)31/h2-12,14,22-23,29H,13H2,1H3,(H,28,31)/t14-,22+,23+,25-/m0/s1. The Morgan fingerprint density at radius 3 is 2.59 bits per heavy atom. The average Bonchev–Trinajstić information content (AvgIpc) is 3.28. The van der Waals surface area contributed by atoms with Gasteiger partial charge in [0.05, 0.1) is 10.4 Å². The average molecular weight is 526 g/mol. The monoisotopic (exact) mass is 525 g/mol. The smallest absolute Gasteiger partial charge is 0.256 e. The number of nitrogens with one attached hydrogen (secondary N) is 2. The summed E-state index contributed by atoms with van der Waals surface area (Å²) < 4.78 is 19.6. The van der Waals surface area contributed by atoms with E-state index in [0.717, 1.165) is 11.1 Å². The maximum absolute atomic E-state index is 13.1. The molecule has 34 heavy (non-hydrogen) atoms. The van der Waals surface area contributed by atoms with E-state index in [-0.39, 0.29) is 23.4 Å². The number of fused-ring (bicyclic) bond motifs is 2. The van der Waals surface area contributed by atoms with Crippen LogP contribution in [0.15, 0.2) is 71.2 Å². The van der Waals surface area contributed by atoms with Crippen LogP contribution in [-0.4, -0.2) is 22.9 Å². The summed E-state index contributed by atoms with van der Waals surface area (Å²) in [5.41, 5.74) is 1.26. The van der Waals surface area contributed by atoms with E-state index in [1.807, 2.05) is 6.92 Å². The van der Waals surface area contributed by atoms with Crippen molar-refractivity contribution in [1.82, 2.24) is 5.32 Å². The van der Waals surface area contributed by atoms with Gasteiger partial charge in [0, 0.05) is 22.2 Å². The molecule has 0 bridgehead atoms. The number of carbonyl (C=O) groups excluding carboxylic acids is 1. The number of para-hydroxylation sites is 1. The van der Waals surface area contributed by atoms with Crippen LogP contribution >= 0.6 is 15.9 Å². The Labute approximate surface area is 203 Å². The molecule has 1 saturated heterocycles. The molecular formula is C25H21BrFN3O4. The van der Waals surface area contributed by atoms with Crippen LogP contribution in [0.3, 0.4) is 0 Å². The molecule has 3 aromatic carbocycles. The van der Waals surface area contributed by atoms with Crippen LogP contribution in [0.25, 0.3) is 0 Å². The van der Waals surface area contributed by atoms with Gasteiger partial charge in [0.25, 0.3) is 11.9 Å². The van der Waals surface area contributed by atoms with E-state index in [1.54, 1.807) is 54.6 Å². The molecule has 3 aromatic rings. The molecule has 1 fully saturated rings. The van der Waals surface area contributed by atoms with Crippen molar-refractivity contribution in [3.8, 4) is 5.75 Å². The maximum Gasteiger partial charge on any atom is 0.256 e. The van der Waals surface area contributed by atoms with Gasteiger partial charge in [-0.15, -0.1) is 0 Å². The third-order valence-corrected chi connectivity index (χ3v) is 7.23. The second-order valence-electron chi connectivity index (χ2n) is 8.60. The molecule has 0 unspecified atom stereocenters. The third kappa shape index (κ3) is 3.56. The van der Waals surface area contributed by atoms with Gasteiger partial charge in [0.2, 0.25) is 0 Å². The number of nitro groups is 1. The minimum absolute atomic E-state index is 0.247. The predicted molar refractivity (Wildman–Crippen MR) is 128 cm³/mol. The quantitative estimate of drug-likeness (QED) is 0.370. The zero-order chi connectivity index (χ0) is 24.0. The van der Waals surface area contributed by atoms with Gasteiger partial charge in [-0.3, -0.25) is 20.2 Å². The molecule has 0 radical (unpaired) electrons. The molecule has 5 rings (SSSR count). The molecule has 1 amide bonds. The Hall–Kier alpha value is -3.30. The van der Waals surface area contributed by atoms with Crippen molar-refractivity contribution in [1.29, 1.82) is 0 Å². The Balaban J connectivity index is 1.46. The van der Waals surface area contributed by atoms with Gasteiger partial charge >= 0.3 is 0 Å². The first-order valence-electron chi connectivity index (χ1n) is 10.8. The van der Waals surface area contributed by atoms with Crippen LogP contribution in [0, 0.1) is 15.9 Å². The predicted octanol–water partition coefficient (Wildman–Crippen LogP) is 4.74. The van der Waals surface area contributed by atoms with E-state index in [2.05, 4.69) is 26.6 Å². The fourth-order valence-electron chi connectivity index (χ4n) is 5.14. The molecule has 0 saturated carbocycles. The number of hydrogen-bond donors (Lipinski definition) is 2. The molecule has 0 aliphatic carbocycles. The first-order valence-corrected chi connectivity index (χ1v) is 11.6. The third-order valence-electron chi connectivity index (χ3n) is 6.61. The van der Waals surface area contributed by atoms with Gasteiger partial charge in [-0.2, -0.15) is 0 Å². The summed E-state index contributed by atoms with van der Waals surface area (Å²) in [5.74, 6) is -0.731. The summed E-state index contributed by atoms with van der Waals surface area (Å²) in [4.78, 5) is 25.2. The van der Waals surface area contributed by atoms with E-state index in [4.69, 9.17) is 4.74 Å². The fourth-order valence-corrected chi connectivity index (χ4v) is 5.65. The van der Waals surface area contributed by atoms with Crippen LogP contribution in [0.1, 0.15) is 29.5 Å². The molecular weight excluding hydrogens is 505 g/mol. The minimum Gasteiger partial charge on any atom is -0.488 e. The largest absolute Gasteiger partial charge is 0.488 e. The number of amides is 1. The van der Waals surface area contributed by atoms with Crippen molar-refractivity contribution in [2.24, 2.45) is 0 Å². The van der Waals surface area contributed by atoms with Gasteiger partial charge in [-0.1, -0.05) is 36.4 Å². The van der Waals surface area contributed by atoms with Crippen molar-refractivity contribution in [3.05, 3.63) is 104 Å². The number of rotatable bonds is 5. The summed E-state index contributed by atoms with van der Waals surface area (Å²) in [6, 6.07) is 16.9. The fraction of sp³-hybridized carbons (Fsp3) is 0.240. The molecule has 0 aromatic heterocycles. The lowest BCUT2D eigenvalue weighted by atomic mass is 9.78. The van der Waals surface area contributed by atoms with Crippen LogP contribution < -0.4 is 15.4 Å². The van der Waals surface area contributed by atoms with Crippen molar-refractivity contribution < 1.29 is 18.8 Å². The second kappa shape index (κ2) is 8.48. The molecule has 2 N–H and O–H groups in total. The normalized spacial score (nSPS) is 25.3. The highest BCUT2D eigenvalue weighted by atomic mass is 79.9. The lowest BCUT2D eigenvalue weighted by molar-refractivity contribution is -0.532. The molecule has 2 heterocycles. The zero-order valence-corrected chi connectivity index (χ0v) is 19.7. The van der Waals surface area contributed by atoms with Crippen LogP contribution in [0.4, 0.5) is 10.1 Å². The van der Waals surface area contributed by atoms with Crippen LogP contribution in [-0.2, 0) is 16.9 Å². The minimum atomic E-state index is -1.45. The Kier molecular flexibility index (Phi) is 5.61. The van der Waals surface area contributed by atoms with Gasteiger partial charge in [0.1, 0.15) is 18.2 Å². The summed E-state index contributed by atoms with van der Waals surface area (Å²) in [6.07, 6.45) is 0. The molecule has 4 atom stereocenters. The van der Waals surface area contributed by atoms with E-state index < -0.39 is 23.4 Å². The second-order valence-corrected chi connectivity index (χ2v) is 9.46. The van der Waals surface area contributed by atoms with Crippen LogP contribution in [0.5, 0.6) is 5.75 Å². The van der Waals surface area contributed by atoms with Gasteiger partial charge in [0.15, 0.2) is 5.54 Å². The highest BCUT2D eigenvalue weighted by Crippen LogP contribution is 2.50. The summed E-state index contributed by atoms with van der Waals surface area (Å²) in [5, 5.41) is 18.5. The van der Waals surface area contributed by atoms with Crippen molar-refractivity contribution in [2.45, 2.75) is 37.1 Å². The summed E-state index contributed by atoms with van der Waals surface area (Å²) in [7, 11) is 0. The number of ether oxygens (including phenoxy) is 1. The Bertz CT molecular complexity index is 1290. The number of hydrogen-bond acceptors (Lipinski definition) is 5. The van der Waals surface area contributed by atoms with Crippen molar-refractivity contribution in [2.75, 3.05) is 5.32 Å². The van der Waals surface area contributed by atoms with E-state index in [9.17, 15) is 19.3 Å². The number of benzene rings is 3. The highest BCUT2D eigenvalue weighted by molar-refractivity contribution is 9.10. The molecule has 9 heteroatoms. The Morgan fingerprint density at radius 1 is 1.15 bits per heavy atom. The van der Waals surface area contributed by atoms with Crippen LogP contribution in [0.2, 0.25) is 0 Å². The van der Waals surface area contributed by atoms with E-state index in [0.29, 0.717) is 21.5 Å². The SMILES string of the molecule is C[C@@H]1N[C@]2(C(=O)Nc3ccccc32)[C@H]([N+](=O)[O-])[C@H]1c1ccc(OCc2ccc(F)cc2)c(Br)c1. The van der Waals surface area contributed by atoms with Crippen molar-refractivity contribution in [3.63, 3.8) is 0 Å². The number of carbonyl (C=O) groups is 1. The number of nitrogens with zero attached hydrogens (tertiary/aromatic N) is 1. The van der Waals surface area contributed by atoms with E-state index >= 15 is 0 Å². The first-order chi connectivity index (χ1) is 16.3. The summed E-state index contributed by atoms with van der Waals surface area (Å²) >= 11 is 3.51. The zero-order valence-electron chi connectivity index (χ0n) is 18.1. The molecule has 174 valence electrons. The lowest BCUT2D eigenvalue weighted by Crippen LogP contribution is -2.54. The van der Waals surface area contributed by atoms with Gasteiger partial charge < -0.3 is 10.1 Å². The van der Waals surface area contributed by atoms with Gasteiger partial charge in [-0.25, -0.2) is 4.39 Å². The summed E-state index contributed by atoms with van der Waals surface area (Å²) in [6.45, 7) is 2.11. The van der Waals surface area contributed by atoms with Gasteiger partial charge in [-0.05, 0) is 64.3 Å². The number of halogens is 2. The topological polar surface area (TPSA) is 93.5 Å². The highest BCUT2D eigenvalue weighted by Gasteiger charge is 2.67. The molecule has 2 aliphatic rings. The molecule has 2 aliphatic heterocycles.